The van der Waals surface area contributed by atoms with Crippen LogP contribution in [0.25, 0.3) is 0 Å². The van der Waals surface area contributed by atoms with Gasteiger partial charge in [0.2, 0.25) is 11.9 Å². The van der Waals surface area contributed by atoms with Crippen LogP contribution in [-0.4, -0.2) is 48.2 Å². The molecule has 2 aliphatic rings. The number of amides is 1. The van der Waals surface area contributed by atoms with Crippen molar-refractivity contribution >= 4 is 23.4 Å². The summed E-state index contributed by atoms with van der Waals surface area (Å²) >= 11 is 0. The van der Waals surface area contributed by atoms with Crippen LogP contribution in [0.3, 0.4) is 0 Å². The fourth-order valence-electron chi connectivity index (χ4n) is 3.66. The smallest absolute Gasteiger partial charge is 0.249 e. The van der Waals surface area contributed by atoms with Crippen LogP contribution in [0.4, 0.5) is 21.8 Å². The van der Waals surface area contributed by atoms with E-state index in [-0.39, 0.29) is 29.9 Å². The standard InChI is InChI=1S/C20H24FN5O2/c1-11-17-18(25(3)12(2)19(27)26(17)4)24-20(22-11)23-14-9-16(10-14)28-15-7-5-13(21)6-8-15/h5-8,12,14,16H,9-10H2,1-4H3,(H,22,23,24)/t12-,14-,16-/m0/s1. The van der Waals surface area contributed by atoms with Crippen molar-refractivity contribution in [2.24, 2.45) is 0 Å². The van der Waals surface area contributed by atoms with Crippen molar-refractivity contribution in [1.29, 1.82) is 0 Å². The van der Waals surface area contributed by atoms with Crippen molar-refractivity contribution in [3.8, 4) is 5.75 Å². The van der Waals surface area contributed by atoms with E-state index >= 15 is 0 Å². The van der Waals surface area contributed by atoms with Gasteiger partial charge in [0.1, 0.15) is 29.4 Å². The van der Waals surface area contributed by atoms with Gasteiger partial charge in [-0.15, -0.1) is 0 Å². The number of nitrogens with one attached hydrogen (secondary N) is 1. The van der Waals surface area contributed by atoms with Crippen LogP contribution >= 0.6 is 0 Å². The lowest BCUT2D eigenvalue weighted by atomic mass is 9.89. The molecule has 1 saturated carbocycles. The Bertz CT molecular complexity index is 898. The fourth-order valence-corrected chi connectivity index (χ4v) is 3.66. The minimum Gasteiger partial charge on any atom is -0.490 e. The Labute approximate surface area is 163 Å². The van der Waals surface area contributed by atoms with Crippen molar-refractivity contribution in [3.63, 3.8) is 0 Å². The first-order valence-electron chi connectivity index (χ1n) is 9.41. The number of benzene rings is 1. The van der Waals surface area contributed by atoms with E-state index in [2.05, 4.69) is 15.3 Å². The summed E-state index contributed by atoms with van der Waals surface area (Å²) < 4.78 is 18.8. The zero-order valence-corrected chi connectivity index (χ0v) is 16.4. The van der Waals surface area contributed by atoms with Crippen molar-refractivity contribution in [2.45, 2.75) is 44.9 Å². The molecule has 0 spiro atoms. The van der Waals surface area contributed by atoms with Gasteiger partial charge in [-0.3, -0.25) is 4.79 Å². The summed E-state index contributed by atoms with van der Waals surface area (Å²) in [6.07, 6.45) is 1.73. The second-order valence-electron chi connectivity index (χ2n) is 7.50. The van der Waals surface area contributed by atoms with Gasteiger partial charge in [-0.25, -0.2) is 9.37 Å². The number of carbonyl (C=O) groups is 1. The summed E-state index contributed by atoms with van der Waals surface area (Å²) in [4.78, 5) is 25.1. The first kappa shape index (κ1) is 18.5. The number of aryl methyl sites for hydroxylation is 1. The molecule has 0 saturated heterocycles. The highest BCUT2D eigenvalue weighted by Gasteiger charge is 2.36. The van der Waals surface area contributed by atoms with Gasteiger partial charge >= 0.3 is 0 Å². The minimum atomic E-state index is -0.271. The van der Waals surface area contributed by atoms with Crippen LogP contribution < -0.4 is 19.9 Å². The molecule has 7 nitrogen and oxygen atoms in total. The van der Waals surface area contributed by atoms with E-state index in [9.17, 15) is 9.18 Å². The van der Waals surface area contributed by atoms with Crippen LogP contribution in [0.15, 0.2) is 24.3 Å². The lowest BCUT2D eigenvalue weighted by Gasteiger charge is -2.38. The normalized spacial score (nSPS) is 23.9. The molecule has 0 radical (unpaired) electrons. The Hall–Kier alpha value is -2.90. The van der Waals surface area contributed by atoms with E-state index in [4.69, 9.17) is 4.74 Å². The molecule has 2 aromatic rings. The highest BCUT2D eigenvalue weighted by Crippen LogP contribution is 2.36. The number of fused-ring (bicyclic) bond motifs is 1. The molecule has 8 heteroatoms. The summed E-state index contributed by atoms with van der Waals surface area (Å²) in [5.41, 5.74) is 1.52. The molecule has 1 atom stereocenters. The minimum absolute atomic E-state index is 0.0298. The number of hydrogen-bond donors (Lipinski definition) is 1. The number of halogens is 1. The summed E-state index contributed by atoms with van der Waals surface area (Å²) in [5.74, 6) is 1.75. The zero-order chi connectivity index (χ0) is 20.0. The zero-order valence-electron chi connectivity index (χ0n) is 16.4. The van der Waals surface area contributed by atoms with Crippen LogP contribution in [0.5, 0.6) is 5.75 Å². The number of nitrogens with zero attached hydrogens (tertiary/aromatic N) is 4. The quantitative estimate of drug-likeness (QED) is 0.873. The number of likely N-dealkylation sites (N-methyl/N-ethyl adjacent to an activating group) is 2. The molecule has 4 rings (SSSR count). The lowest BCUT2D eigenvalue weighted by Crippen LogP contribution is -2.50. The van der Waals surface area contributed by atoms with Gasteiger partial charge in [0, 0.05) is 33.0 Å². The Morgan fingerprint density at radius 2 is 1.86 bits per heavy atom. The maximum absolute atomic E-state index is 13.0. The van der Waals surface area contributed by atoms with Crippen molar-refractivity contribution in [3.05, 3.63) is 35.8 Å². The first-order chi connectivity index (χ1) is 13.3. The van der Waals surface area contributed by atoms with E-state index in [1.54, 1.807) is 24.1 Å². The average molecular weight is 385 g/mol. The van der Waals surface area contributed by atoms with Gasteiger partial charge in [0.25, 0.3) is 0 Å². The molecular formula is C20H24FN5O2. The van der Waals surface area contributed by atoms with E-state index in [1.165, 1.54) is 12.1 Å². The summed E-state index contributed by atoms with van der Waals surface area (Å²) in [6, 6.07) is 6.02. The Kier molecular flexibility index (Phi) is 4.56. The van der Waals surface area contributed by atoms with Gasteiger partial charge in [0.05, 0.1) is 5.69 Å². The maximum Gasteiger partial charge on any atom is 0.249 e. The average Bonchev–Trinajstić information content (AvgIpc) is 2.64. The summed E-state index contributed by atoms with van der Waals surface area (Å²) in [5, 5.41) is 3.36. The molecule has 1 fully saturated rings. The monoisotopic (exact) mass is 385 g/mol. The molecular weight excluding hydrogens is 361 g/mol. The van der Waals surface area contributed by atoms with Crippen molar-refractivity contribution in [1.82, 2.24) is 9.97 Å². The number of ether oxygens (including phenoxy) is 1. The van der Waals surface area contributed by atoms with E-state index in [1.807, 2.05) is 25.8 Å². The van der Waals surface area contributed by atoms with E-state index < -0.39 is 0 Å². The second-order valence-corrected chi connectivity index (χ2v) is 7.50. The molecule has 1 aliphatic heterocycles. The summed E-state index contributed by atoms with van der Waals surface area (Å²) in [7, 11) is 3.64. The van der Waals surface area contributed by atoms with Gasteiger partial charge in [-0.2, -0.15) is 4.98 Å². The van der Waals surface area contributed by atoms with E-state index in [0.29, 0.717) is 11.7 Å². The number of anilines is 3. The van der Waals surface area contributed by atoms with Crippen molar-refractivity contribution < 1.29 is 13.9 Å². The van der Waals surface area contributed by atoms with Crippen molar-refractivity contribution in [2.75, 3.05) is 29.2 Å². The molecule has 0 bridgehead atoms. The Morgan fingerprint density at radius 1 is 1.18 bits per heavy atom. The topological polar surface area (TPSA) is 70.6 Å². The Morgan fingerprint density at radius 3 is 2.54 bits per heavy atom. The van der Waals surface area contributed by atoms with Crippen LogP contribution in [0, 0.1) is 12.7 Å². The third-order valence-electron chi connectivity index (χ3n) is 5.52. The molecule has 1 amide bonds. The fraction of sp³-hybridized carbons (Fsp3) is 0.450. The van der Waals surface area contributed by atoms with Gasteiger partial charge in [-0.05, 0) is 38.1 Å². The van der Waals surface area contributed by atoms with Crippen LogP contribution in [0.1, 0.15) is 25.5 Å². The number of hydrogen-bond acceptors (Lipinski definition) is 6. The highest BCUT2D eigenvalue weighted by molar-refractivity contribution is 6.04. The molecule has 1 N–H and O–H groups in total. The SMILES string of the molecule is Cc1nc(N[C@H]2C[C@H](Oc3ccc(F)cc3)C2)nc2c1N(C)C(=O)[C@H](C)N2C. The molecule has 1 aromatic carbocycles. The molecule has 1 aliphatic carbocycles. The molecule has 2 heterocycles. The molecule has 148 valence electrons. The largest absolute Gasteiger partial charge is 0.490 e. The van der Waals surface area contributed by atoms with Gasteiger partial charge in [-0.1, -0.05) is 0 Å². The van der Waals surface area contributed by atoms with Gasteiger partial charge < -0.3 is 19.9 Å². The number of aromatic nitrogens is 2. The molecule has 28 heavy (non-hydrogen) atoms. The predicted octanol–water partition coefficient (Wildman–Crippen LogP) is 2.75. The summed E-state index contributed by atoms with van der Waals surface area (Å²) in [6.45, 7) is 3.76. The third kappa shape index (κ3) is 3.23. The second kappa shape index (κ2) is 6.92. The Balaban J connectivity index is 1.42. The lowest BCUT2D eigenvalue weighted by molar-refractivity contribution is -0.119. The third-order valence-corrected chi connectivity index (χ3v) is 5.52. The maximum atomic E-state index is 13.0. The van der Waals surface area contributed by atoms with Crippen LogP contribution in [0.2, 0.25) is 0 Å². The highest BCUT2D eigenvalue weighted by atomic mass is 19.1. The first-order valence-corrected chi connectivity index (χ1v) is 9.41. The predicted molar refractivity (Wildman–Crippen MR) is 106 cm³/mol. The molecule has 0 unspecified atom stereocenters. The number of rotatable bonds is 4. The van der Waals surface area contributed by atoms with E-state index in [0.717, 1.165) is 30.0 Å². The van der Waals surface area contributed by atoms with Gasteiger partial charge in [0.15, 0.2) is 5.82 Å². The van der Waals surface area contributed by atoms with Crippen LogP contribution in [-0.2, 0) is 4.79 Å². The number of carbonyl (C=O) groups excluding carboxylic acids is 1. The molecule has 1 aromatic heterocycles.